The van der Waals surface area contributed by atoms with Crippen molar-refractivity contribution in [3.63, 3.8) is 0 Å². The highest BCUT2D eigenvalue weighted by atomic mass is 16.4. The summed E-state index contributed by atoms with van der Waals surface area (Å²) in [4.78, 5) is 24.2. The van der Waals surface area contributed by atoms with Gasteiger partial charge in [0.25, 0.3) is 0 Å². The van der Waals surface area contributed by atoms with Crippen LogP contribution in [0.5, 0.6) is 0 Å². The van der Waals surface area contributed by atoms with Gasteiger partial charge >= 0.3 is 12.0 Å². The molecule has 1 aromatic rings. The number of aromatic carboxylic acids is 1. The first-order valence-corrected chi connectivity index (χ1v) is 6.04. The Hall–Kier alpha value is -2.04. The van der Waals surface area contributed by atoms with Gasteiger partial charge in [-0.3, -0.25) is 0 Å². The lowest BCUT2D eigenvalue weighted by Gasteiger charge is -2.26. The number of carboxylic acid groups (broad SMARTS) is 1. The topological polar surface area (TPSA) is 69.6 Å². The van der Waals surface area contributed by atoms with Crippen LogP contribution in [0.15, 0.2) is 24.3 Å². The van der Waals surface area contributed by atoms with Crippen molar-refractivity contribution in [1.82, 2.24) is 4.90 Å². The molecular formula is C14H20N2O3. The largest absolute Gasteiger partial charge is 0.478 e. The van der Waals surface area contributed by atoms with Gasteiger partial charge in [-0.25, -0.2) is 9.59 Å². The van der Waals surface area contributed by atoms with Gasteiger partial charge in [0.2, 0.25) is 0 Å². The minimum Gasteiger partial charge on any atom is -0.478 e. The third kappa shape index (κ3) is 4.99. The van der Waals surface area contributed by atoms with Crippen LogP contribution in [-0.2, 0) is 0 Å². The predicted octanol–water partition coefficient (Wildman–Crippen LogP) is 2.89. The smallest absolute Gasteiger partial charge is 0.335 e. The summed E-state index contributed by atoms with van der Waals surface area (Å²) >= 11 is 0. The molecule has 1 rings (SSSR count). The second kappa shape index (κ2) is 5.73. The Bertz CT molecular complexity index is 461. The molecule has 0 heterocycles. The van der Waals surface area contributed by atoms with Gasteiger partial charge in [0.15, 0.2) is 0 Å². The molecule has 0 aromatic heterocycles. The van der Waals surface area contributed by atoms with Crippen molar-refractivity contribution in [1.29, 1.82) is 0 Å². The summed E-state index contributed by atoms with van der Waals surface area (Å²) in [6.07, 6.45) is 0. The van der Waals surface area contributed by atoms with E-state index in [9.17, 15) is 9.59 Å². The standard InChI is InChI=1S/C14H20N2O3/c1-14(2,3)9-16(4)13(19)15-11-7-5-10(6-8-11)12(17)18/h5-8H,9H2,1-4H3,(H,15,19)(H,17,18). The van der Waals surface area contributed by atoms with Gasteiger partial charge < -0.3 is 15.3 Å². The molecule has 19 heavy (non-hydrogen) atoms. The summed E-state index contributed by atoms with van der Waals surface area (Å²) in [5.74, 6) is -0.984. The van der Waals surface area contributed by atoms with Crippen molar-refractivity contribution in [3.05, 3.63) is 29.8 Å². The van der Waals surface area contributed by atoms with Crippen molar-refractivity contribution < 1.29 is 14.7 Å². The highest BCUT2D eigenvalue weighted by Crippen LogP contribution is 2.15. The molecule has 0 aliphatic carbocycles. The molecular weight excluding hydrogens is 244 g/mol. The number of rotatable bonds is 3. The Kier molecular flexibility index (Phi) is 4.53. The van der Waals surface area contributed by atoms with Crippen LogP contribution < -0.4 is 5.32 Å². The number of carboxylic acids is 1. The number of hydrogen-bond donors (Lipinski definition) is 2. The Labute approximate surface area is 113 Å². The monoisotopic (exact) mass is 264 g/mol. The molecule has 5 heteroatoms. The van der Waals surface area contributed by atoms with Gasteiger partial charge in [-0.15, -0.1) is 0 Å². The number of benzene rings is 1. The van der Waals surface area contributed by atoms with E-state index in [0.717, 1.165) is 0 Å². The molecule has 0 bridgehead atoms. The molecule has 0 unspecified atom stereocenters. The summed E-state index contributed by atoms with van der Waals surface area (Å²) in [5.41, 5.74) is 0.802. The van der Waals surface area contributed by atoms with E-state index in [1.54, 1.807) is 24.1 Å². The first kappa shape index (κ1) is 15.0. The van der Waals surface area contributed by atoms with Crippen LogP contribution in [0.4, 0.5) is 10.5 Å². The third-order valence-corrected chi connectivity index (χ3v) is 2.44. The number of carbonyl (C=O) groups is 2. The molecule has 0 saturated carbocycles. The molecule has 0 atom stereocenters. The van der Waals surface area contributed by atoms with Crippen molar-refractivity contribution in [2.24, 2.45) is 5.41 Å². The second-order valence-corrected chi connectivity index (χ2v) is 5.73. The van der Waals surface area contributed by atoms with E-state index in [0.29, 0.717) is 12.2 Å². The molecule has 0 spiro atoms. The van der Waals surface area contributed by atoms with Gasteiger partial charge in [-0.05, 0) is 29.7 Å². The Morgan fingerprint density at radius 3 is 2.16 bits per heavy atom. The lowest BCUT2D eigenvalue weighted by atomic mass is 9.96. The van der Waals surface area contributed by atoms with E-state index in [1.807, 2.05) is 0 Å². The molecule has 2 amide bonds. The highest BCUT2D eigenvalue weighted by molar-refractivity contribution is 5.91. The first-order chi connectivity index (χ1) is 8.69. The highest BCUT2D eigenvalue weighted by Gasteiger charge is 2.17. The zero-order valence-corrected chi connectivity index (χ0v) is 11.7. The summed E-state index contributed by atoms with van der Waals surface area (Å²) < 4.78 is 0. The van der Waals surface area contributed by atoms with Crippen LogP contribution in [0.25, 0.3) is 0 Å². The number of urea groups is 1. The second-order valence-electron chi connectivity index (χ2n) is 5.73. The van der Waals surface area contributed by atoms with Gasteiger partial charge in [0.1, 0.15) is 0 Å². The third-order valence-electron chi connectivity index (χ3n) is 2.44. The van der Waals surface area contributed by atoms with Crippen molar-refractivity contribution in [2.45, 2.75) is 20.8 Å². The quantitative estimate of drug-likeness (QED) is 0.882. The molecule has 0 fully saturated rings. The van der Waals surface area contributed by atoms with Crippen LogP contribution in [0.1, 0.15) is 31.1 Å². The molecule has 0 aliphatic heterocycles. The van der Waals surface area contributed by atoms with E-state index in [1.165, 1.54) is 12.1 Å². The van der Waals surface area contributed by atoms with Crippen LogP contribution in [0.2, 0.25) is 0 Å². The number of amides is 2. The van der Waals surface area contributed by atoms with Gasteiger partial charge in [-0.1, -0.05) is 20.8 Å². The number of anilines is 1. The lowest BCUT2D eigenvalue weighted by Crippen LogP contribution is -2.37. The van der Waals surface area contributed by atoms with E-state index < -0.39 is 5.97 Å². The first-order valence-electron chi connectivity index (χ1n) is 6.04. The Morgan fingerprint density at radius 1 is 1.21 bits per heavy atom. The molecule has 0 aliphatic rings. The number of nitrogens with one attached hydrogen (secondary N) is 1. The fourth-order valence-electron chi connectivity index (χ4n) is 1.70. The van der Waals surface area contributed by atoms with Crippen LogP contribution in [0.3, 0.4) is 0 Å². The molecule has 1 aromatic carbocycles. The Morgan fingerprint density at radius 2 is 1.74 bits per heavy atom. The zero-order valence-electron chi connectivity index (χ0n) is 11.7. The van der Waals surface area contributed by atoms with Crippen LogP contribution in [-0.4, -0.2) is 35.6 Å². The van der Waals surface area contributed by atoms with E-state index >= 15 is 0 Å². The van der Waals surface area contributed by atoms with Crippen molar-refractivity contribution in [3.8, 4) is 0 Å². The normalized spacial score (nSPS) is 10.9. The maximum absolute atomic E-state index is 11.9. The van der Waals surface area contributed by atoms with Crippen LogP contribution >= 0.6 is 0 Å². The number of nitrogens with zero attached hydrogens (tertiary/aromatic N) is 1. The van der Waals surface area contributed by atoms with Gasteiger partial charge in [0, 0.05) is 19.3 Å². The molecule has 0 radical (unpaired) electrons. The molecule has 2 N–H and O–H groups in total. The van der Waals surface area contributed by atoms with Crippen molar-refractivity contribution in [2.75, 3.05) is 18.9 Å². The minimum atomic E-state index is -0.984. The predicted molar refractivity (Wildman–Crippen MR) is 74.5 cm³/mol. The summed E-state index contributed by atoms with van der Waals surface area (Å²) in [6, 6.07) is 5.86. The summed E-state index contributed by atoms with van der Waals surface area (Å²) in [6.45, 7) is 6.79. The maximum Gasteiger partial charge on any atom is 0.335 e. The zero-order chi connectivity index (χ0) is 14.6. The van der Waals surface area contributed by atoms with E-state index in [2.05, 4.69) is 26.1 Å². The van der Waals surface area contributed by atoms with Crippen LogP contribution in [0, 0.1) is 5.41 Å². The number of carbonyl (C=O) groups excluding carboxylic acids is 1. The van der Waals surface area contributed by atoms with E-state index in [-0.39, 0.29) is 17.0 Å². The van der Waals surface area contributed by atoms with E-state index in [4.69, 9.17) is 5.11 Å². The van der Waals surface area contributed by atoms with Crippen molar-refractivity contribution >= 4 is 17.7 Å². The average molecular weight is 264 g/mol. The summed E-state index contributed by atoms with van der Waals surface area (Å²) in [7, 11) is 1.73. The fraction of sp³-hybridized carbons (Fsp3) is 0.429. The SMILES string of the molecule is CN(CC(C)(C)C)C(=O)Nc1ccc(C(=O)O)cc1. The minimum absolute atomic E-state index is 0.0270. The average Bonchev–Trinajstić information content (AvgIpc) is 2.27. The fourth-order valence-corrected chi connectivity index (χ4v) is 1.70. The maximum atomic E-state index is 11.9. The summed E-state index contributed by atoms with van der Waals surface area (Å²) in [5, 5.41) is 11.5. The molecule has 5 nitrogen and oxygen atoms in total. The van der Waals surface area contributed by atoms with Gasteiger partial charge in [0.05, 0.1) is 5.56 Å². The molecule has 0 saturated heterocycles. The number of hydrogen-bond acceptors (Lipinski definition) is 2. The molecule has 104 valence electrons. The Balaban J connectivity index is 2.64. The lowest BCUT2D eigenvalue weighted by molar-refractivity contribution is 0.0697. The van der Waals surface area contributed by atoms with Gasteiger partial charge in [-0.2, -0.15) is 0 Å².